The summed E-state index contributed by atoms with van der Waals surface area (Å²) in [6.07, 6.45) is 5.84. The molecule has 1 unspecified atom stereocenters. The lowest BCUT2D eigenvalue weighted by Gasteiger charge is -2.42. The summed E-state index contributed by atoms with van der Waals surface area (Å²) in [5.41, 5.74) is 7.28. The van der Waals surface area contributed by atoms with Gasteiger partial charge in [0.05, 0.1) is 14.2 Å². The Morgan fingerprint density at radius 3 is 2.69 bits per heavy atom. The molecular formula is C23H33NO2. The minimum absolute atomic E-state index is 0.483. The number of nitrogens with zero attached hydrogens (tertiary/aromatic N) is 1. The van der Waals surface area contributed by atoms with Gasteiger partial charge in [0.1, 0.15) is 0 Å². The summed E-state index contributed by atoms with van der Waals surface area (Å²) in [4.78, 5) is 2.62. The summed E-state index contributed by atoms with van der Waals surface area (Å²) in [6.45, 7) is 11.2. The number of allylic oxidation sites excluding steroid dienone is 1. The van der Waals surface area contributed by atoms with Crippen molar-refractivity contribution in [2.75, 3.05) is 20.8 Å². The zero-order chi connectivity index (χ0) is 18.8. The average molecular weight is 356 g/mol. The fraction of sp³-hybridized carbons (Fsp3) is 0.565. The monoisotopic (exact) mass is 355 g/mol. The average Bonchev–Trinajstić information content (AvgIpc) is 2.61. The SMILES string of the molecule is COc1ccc2c(c1OC)CN1CCC(C)=C(/C=C(\C)CC(C)C)C1C2. The highest BCUT2D eigenvalue weighted by Crippen LogP contribution is 2.41. The van der Waals surface area contributed by atoms with Crippen molar-refractivity contribution in [1.29, 1.82) is 0 Å². The molecule has 0 saturated carbocycles. The first-order valence-corrected chi connectivity index (χ1v) is 9.78. The molecule has 2 aliphatic rings. The van der Waals surface area contributed by atoms with Gasteiger partial charge in [-0.05, 0) is 56.2 Å². The zero-order valence-electron chi connectivity index (χ0n) is 17.2. The molecule has 1 aromatic carbocycles. The van der Waals surface area contributed by atoms with E-state index in [1.807, 2.05) is 6.07 Å². The third-order valence-corrected chi connectivity index (χ3v) is 5.72. The number of rotatable bonds is 5. The van der Waals surface area contributed by atoms with Gasteiger partial charge in [-0.15, -0.1) is 0 Å². The lowest BCUT2D eigenvalue weighted by molar-refractivity contribution is 0.183. The van der Waals surface area contributed by atoms with Crippen LogP contribution in [0.1, 0.15) is 51.7 Å². The number of hydrogen-bond donors (Lipinski definition) is 0. The highest BCUT2D eigenvalue weighted by Gasteiger charge is 2.33. The topological polar surface area (TPSA) is 21.7 Å². The van der Waals surface area contributed by atoms with Crippen molar-refractivity contribution in [1.82, 2.24) is 4.90 Å². The van der Waals surface area contributed by atoms with Crippen molar-refractivity contribution >= 4 is 0 Å². The van der Waals surface area contributed by atoms with Crippen molar-refractivity contribution in [3.05, 3.63) is 46.1 Å². The van der Waals surface area contributed by atoms with Crippen LogP contribution in [0, 0.1) is 5.92 Å². The van der Waals surface area contributed by atoms with Crippen molar-refractivity contribution < 1.29 is 9.47 Å². The second kappa shape index (κ2) is 7.87. The van der Waals surface area contributed by atoms with Gasteiger partial charge >= 0.3 is 0 Å². The van der Waals surface area contributed by atoms with Crippen LogP contribution in [0.3, 0.4) is 0 Å². The van der Waals surface area contributed by atoms with Crippen molar-refractivity contribution in [3.63, 3.8) is 0 Å². The summed E-state index contributed by atoms with van der Waals surface area (Å²) in [7, 11) is 3.46. The Hall–Kier alpha value is -1.74. The van der Waals surface area contributed by atoms with Crippen LogP contribution in [-0.4, -0.2) is 31.7 Å². The second-order valence-electron chi connectivity index (χ2n) is 8.20. The molecule has 3 rings (SSSR count). The Kier molecular flexibility index (Phi) is 5.76. The lowest BCUT2D eigenvalue weighted by atomic mass is 9.83. The maximum absolute atomic E-state index is 5.70. The molecule has 0 bridgehead atoms. The summed E-state index contributed by atoms with van der Waals surface area (Å²) in [6, 6.07) is 4.75. The standard InChI is InChI=1S/C23H33NO2/c1-15(2)11-16(3)12-19-17(4)9-10-24-14-20-18(13-21(19)24)7-8-22(25-5)23(20)26-6/h7-8,12,15,21H,9-11,13-14H2,1-6H3/b16-12+. The van der Waals surface area contributed by atoms with Gasteiger partial charge in [0, 0.05) is 24.7 Å². The number of benzene rings is 1. The molecule has 1 aromatic rings. The smallest absolute Gasteiger partial charge is 0.165 e. The van der Waals surface area contributed by atoms with E-state index in [1.54, 1.807) is 19.8 Å². The molecule has 3 heteroatoms. The maximum Gasteiger partial charge on any atom is 0.165 e. The van der Waals surface area contributed by atoms with E-state index in [2.05, 4.69) is 44.7 Å². The molecule has 26 heavy (non-hydrogen) atoms. The minimum Gasteiger partial charge on any atom is -0.493 e. The van der Waals surface area contributed by atoms with Crippen LogP contribution >= 0.6 is 0 Å². The van der Waals surface area contributed by atoms with Gasteiger partial charge < -0.3 is 9.47 Å². The van der Waals surface area contributed by atoms with Gasteiger partial charge in [0.2, 0.25) is 0 Å². The van der Waals surface area contributed by atoms with E-state index >= 15 is 0 Å². The predicted octanol–water partition coefficient (Wildman–Crippen LogP) is 5.14. The first-order valence-electron chi connectivity index (χ1n) is 9.78. The van der Waals surface area contributed by atoms with E-state index < -0.39 is 0 Å². The number of methoxy groups -OCH3 is 2. The van der Waals surface area contributed by atoms with Crippen LogP contribution in [0.25, 0.3) is 0 Å². The van der Waals surface area contributed by atoms with Crippen LogP contribution < -0.4 is 9.47 Å². The van der Waals surface area contributed by atoms with E-state index in [-0.39, 0.29) is 0 Å². The molecule has 2 aliphatic heterocycles. The van der Waals surface area contributed by atoms with Crippen molar-refractivity contribution in [2.24, 2.45) is 5.92 Å². The second-order valence-corrected chi connectivity index (χ2v) is 8.20. The summed E-state index contributed by atoms with van der Waals surface area (Å²) < 4.78 is 11.2. The van der Waals surface area contributed by atoms with Crippen LogP contribution in [-0.2, 0) is 13.0 Å². The first kappa shape index (κ1) is 19.0. The molecule has 0 fully saturated rings. The summed E-state index contributed by atoms with van der Waals surface area (Å²) in [5, 5.41) is 0. The quantitative estimate of drug-likeness (QED) is 0.730. The van der Waals surface area contributed by atoms with Gasteiger partial charge in [-0.1, -0.05) is 37.1 Å². The van der Waals surface area contributed by atoms with Gasteiger partial charge in [-0.2, -0.15) is 0 Å². The normalized spacial score (nSPS) is 20.9. The first-order chi connectivity index (χ1) is 12.4. The Morgan fingerprint density at radius 1 is 1.27 bits per heavy atom. The van der Waals surface area contributed by atoms with Crippen LogP contribution in [0.4, 0.5) is 0 Å². The summed E-state index contributed by atoms with van der Waals surface area (Å²) in [5.74, 6) is 2.44. The molecule has 0 radical (unpaired) electrons. The predicted molar refractivity (Wildman–Crippen MR) is 108 cm³/mol. The van der Waals surface area contributed by atoms with E-state index in [4.69, 9.17) is 9.47 Å². The molecule has 1 atom stereocenters. The number of fused-ring (bicyclic) bond motifs is 2. The molecular weight excluding hydrogens is 322 g/mol. The Balaban J connectivity index is 1.95. The van der Waals surface area contributed by atoms with E-state index in [1.165, 1.54) is 28.7 Å². The zero-order valence-corrected chi connectivity index (χ0v) is 17.2. The third kappa shape index (κ3) is 3.68. The maximum atomic E-state index is 5.70. The van der Waals surface area contributed by atoms with Crippen LogP contribution in [0.2, 0.25) is 0 Å². The van der Waals surface area contributed by atoms with Crippen LogP contribution in [0.15, 0.2) is 34.9 Å². The molecule has 3 nitrogen and oxygen atoms in total. The van der Waals surface area contributed by atoms with Gasteiger partial charge in [0.25, 0.3) is 0 Å². The molecule has 0 aromatic heterocycles. The lowest BCUT2D eigenvalue weighted by Crippen LogP contribution is -2.44. The molecule has 0 N–H and O–H groups in total. The molecule has 0 saturated heterocycles. The van der Waals surface area contributed by atoms with Crippen molar-refractivity contribution in [3.8, 4) is 11.5 Å². The Labute approximate surface area is 158 Å². The largest absolute Gasteiger partial charge is 0.493 e. The van der Waals surface area contributed by atoms with Crippen molar-refractivity contribution in [2.45, 2.75) is 59.5 Å². The molecule has 0 aliphatic carbocycles. The summed E-state index contributed by atoms with van der Waals surface area (Å²) >= 11 is 0. The fourth-order valence-corrected chi connectivity index (χ4v) is 4.52. The molecule has 0 spiro atoms. The van der Waals surface area contributed by atoms with E-state index in [9.17, 15) is 0 Å². The van der Waals surface area contributed by atoms with Gasteiger partial charge in [0.15, 0.2) is 11.5 Å². The molecule has 0 amide bonds. The van der Waals surface area contributed by atoms with Gasteiger partial charge in [-0.25, -0.2) is 0 Å². The number of hydrogen-bond acceptors (Lipinski definition) is 3. The minimum atomic E-state index is 0.483. The Bertz CT molecular complexity index is 730. The molecule has 2 heterocycles. The van der Waals surface area contributed by atoms with E-state index in [0.29, 0.717) is 12.0 Å². The molecule has 142 valence electrons. The highest BCUT2D eigenvalue weighted by molar-refractivity contribution is 5.53. The van der Waals surface area contributed by atoms with Gasteiger partial charge in [-0.3, -0.25) is 4.90 Å². The highest BCUT2D eigenvalue weighted by atomic mass is 16.5. The fourth-order valence-electron chi connectivity index (χ4n) is 4.52. The third-order valence-electron chi connectivity index (χ3n) is 5.72. The van der Waals surface area contributed by atoms with Crippen LogP contribution in [0.5, 0.6) is 11.5 Å². The number of ether oxygens (including phenoxy) is 2. The van der Waals surface area contributed by atoms with E-state index in [0.717, 1.165) is 37.4 Å². The Morgan fingerprint density at radius 2 is 2.04 bits per heavy atom.